The Morgan fingerprint density at radius 1 is 0.769 bits per heavy atom. The van der Waals surface area contributed by atoms with Crippen molar-refractivity contribution in [3.63, 3.8) is 0 Å². The van der Waals surface area contributed by atoms with Crippen LogP contribution in [0.15, 0.2) is 106 Å². The first-order chi connectivity index (χ1) is 18.6. The van der Waals surface area contributed by atoms with Crippen molar-refractivity contribution in [3.8, 4) is 0 Å². The first-order valence-electron chi connectivity index (χ1n) is 12.8. The highest BCUT2D eigenvalue weighted by Gasteiger charge is 2.62. The predicted molar refractivity (Wildman–Crippen MR) is 141 cm³/mol. The molecule has 3 aromatic rings. The zero-order valence-electron chi connectivity index (χ0n) is 20.9. The van der Waals surface area contributed by atoms with E-state index in [1.807, 2.05) is 0 Å². The summed E-state index contributed by atoms with van der Waals surface area (Å²) in [6.45, 7) is 0. The molecular formula is C29H28F2O6S2. The number of carbonyl (C=O) groups is 1. The molecule has 39 heavy (non-hydrogen) atoms. The van der Waals surface area contributed by atoms with E-state index in [4.69, 9.17) is 13.1 Å². The minimum absolute atomic E-state index is 0.170. The molecular weight excluding hydrogens is 546 g/mol. The maximum Gasteiger partial charge on any atom is 0.466 e. The van der Waals surface area contributed by atoms with Gasteiger partial charge in [0.25, 0.3) is 0 Å². The van der Waals surface area contributed by atoms with Gasteiger partial charge in [0.15, 0.2) is 0 Å². The van der Waals surface area contributed by atoms with Gasteiger partial charge in [-0.05, 0) is 71.9 Å². The van der Waals surface area contributed by atoms with Gasteiger partial charge in [0.05, 0.1) is 12.2 Å². The van der Waals surface area contributed by atoms with Gasteiger partial charge in [-0.3, -0.25) is 0 Å². The second-order valence-electron chi connectivity index (χ2n) is 10.4. The van der Waals surface area contributed by atoms with Crippen molar-refractivity contribution in [1.29, 1.82) is 0 Å². The summed E-state index contributed by atoms with van der Waals surface area (Å²) in [5, 5.41) is -4.94. The van der Waals surface area contributed by atoms with E-state index in [2.05, 4.69) is 0 Å². The number of rotatable bonds is 8. The molecule has 0 radical (unpaired) electrons. The summed E-state index contributed by atoms with van der Waals surface area (Å²) in [7, 11) is -9.10. The fourth-order valence-corrected chi connectivity index (χ4v) is 11.3. The molecule has 2 unspecified atom stereocenters. The number of benzene rings is 3. The van der Waals surface area contributed by atoms with Crippen LogP contribution in [0.5, 0.6) is 0 Å². The standard InChI is InChI=1S/C29H28F2O6S2/c30-29(31,27(32)36-28-18-21-16-22(19-28)35-23(17-21)20-28)39(33,34)37-38(24-10-4-1-5-11-24,25-12-6-2-7-13-25)26-14-8-3-9-15-26/h1-15,21-23H,16-20H2. The van der Waals surface area contributed by atoms with Crippen LogP contribution >= 0.6 is 10.3 Å². The molecule has 0 N–H and O–H groups in total. The number of halogens is 2. The van der Waals surface area contributed by atoms with Crippen molar-refractivity contribution in [2.45, 2.75) is 69.9 Å². The molecule has 2 aliphatic heterocycles. The van der Waals surface area contributed by atoms with Gasteiger partial charge in [-0.1, -0.05) is 54.6 Å². The molecule has 2 saturated heterocycles. The Labute approximate surface area is 227 Å². The normalized spacial score (nSPS) is 26.8. The van der Waals surface area contributed by atoms with Gasteiger partial charge in [0.1, 0.15) is 5.60 Å². The second-order valence-corrected chi connectivity index (χ2v) is 14.9. The molecule has 4 fully saturated rings. The lowest BCUT2D eigenvalue weighted by atomic mass is 9.64. The lowest BCUT2D eigenvalue weighted by Gasteiger charge is -2.55. The topological polar surface area (TPSA) is 78.9 Å². The zero-order valence-corrected chi connectivity index (χ0v) is 22.6. The molecule has 2 heterocycles. The Balaban J connectivity index is 1.40. The Bertz CT molecular complexity index is 1320. The van der Waals surface area contributed by atoms with E-state index in [-0.39, 0.29) is 31.0 Å². The number of hydrogen-bond donors (Lipinski definition) is 0. The van der Waals surface area contributed by atoms with Crippen LogP contribution < -0.4 is 0 Å². The second kappa shape index (κ2) is 9.69. The quantitative estimate of drug-likeness (QED) is 0.287. The molecule has 206 valence electrons. The van der Waals surface area contributed by atoms with E-state index >= 15 is 8.78 Å². The molecule has 6 nitrogen and oxygen atoms in total. The molecule has 0 spiro atoms. The van der Waals surface area contributed by atoms with E-state index in [9.17, 15) is 13.2 Å². The lowest BCUT2D eigenvalue weighted by Crippen LogP contribution is -2.59. The van der Waals surface area contributed by atoms with Crippen molar-refractivity contribution in [1.82, 2.24) is 0 Å². The fourth-order valence-electron chi connectivity index (χ4n) is 6.28. The summed E-state index contributed by atoms with van der Waals surface area (Å²) in [5.41, 5.74) is -1.15. The Morgan fingerprint density at radius 3 is 1.62 bits per heavy atom. The third kappa shape index (κ3) is 4.57. The summed E-state index contributed by atoms with van der Waals surface area (Å²) in [4.78, 5) is 14.2. The van der Waals surface area contributed by atoms with Crippen molar-refractivity contribution < 1.29 is 35.1 Å². The van der Waals surface area contributed by atoms with Crippen LogP contribution in [0.1, 0.15) is 32.1 Å². The van der Waals surface area contributed by atoms with Gasteiger partial charge < -0.3 is 9.47 Å². The van der Waals surface area contributed by atoms with E-state index in [1.54, 1.807) is 91.0 Å². The average molecular weight is 575 g/mol. The number of esters is 1. The molecule has 3 aromatic carbocycles. The van der Waals surface area contributed by atoms with Crippen molar-refractivity contribution >= 4 is 26.4 Å². The first-order valence-corrected chi connectivity index (χ1v) is 15.8. The van der Waals surface area contributed by atoms with Crippen LogP contribution in [0.2, 0.25) is 0 Å². The Morgan fingerprint density at radius 2 is 1.21 bits per heavy atom. The highest BCUT2D eigenvalue weighted by atomic mass is 32.3. The third-order valence-corrected chi connectivity index (χ3v) is 12.9. The first kappa shape index (κ1) is 26.4. The highest BCUT2D eigenvalue weighted by molar-refractivity contribution is 8.33. The smallest absolute Gasteiger partial charge is 0.454 e. The van der Waals surface area contributed by atoms with Crippen LogP contribution in [-0.4, -0.2) is 37.5 Å². The molecule has 4 bridgehead atoms. The zero-order chi connectivity index (χ0) is 27.3. The van der Waals surface area contributed by atoms with Gasteiger partial charge in [0, 0.05) is 27.5 Å². The van der Waals surface area contributed by atoms with Gasteiger partial charge >= 0.3 is 21.3 Å². The minimum Gasteiger partial charge on any atom is -0.454 e. The fraction of sp³-hybridized carbons (Fsp3) is 0.345. The molecule has 0 amide bonds. The molecule has 7 rings (SSSR count). The number of hydrogen-bond acceptors (Lipinski definition) is 6. The predicted octanol–water partition coefficient (Wildman–Crippen LogP) is 6.47. The van der Waals surface area contributed by atoms with Gasteiger partial charge in [0.2, 0.25) is 0 Å². The summed E-state index contributed by atoms with van der Waals surface area (Å²) < 4.78 is 75.5. The molecule has 2 aliphatic carbocycles. The SMILES string of the molecule is O=C(OC12CC3CC(C1)OC(C3)C2)C(F)(F)S(=O)(=O)OS(c1ccccc1)(c1ccccc1)c1ccccc1. The summed E-state index contributed by atoms with van der Waals surface area (Å²) in [6.07, 6.45) is 2.26. The maximum absolute atomic E-state index is 15.8. The lowest BCUT2D eigenvalue weighted by molar-refractivity contribution is -0.240. The molecule has 2 atom stereocenters. The summed E-state index contributed by atoms with van der Waals surface area (Å²) >= 11 is 0. The minimum atomic E-state index is -5.85. The average Bonchev–Trinajstić information content (AvgIpc) is 2.92. The summed E-state index contributed by atoms with van der Waals surface area (Å²) in [5.74, 6) is -1.90. The number of carbonyl (C=O) groups excluding carboxylic acids is 1. The molecule has 0 aromatic heterocycles. The van der Waals surface area contributed by atoms with Crippen LogP contribution in [-0.2, 0) is 28.0 Å². The van der Waals surface area contributed by atoms with Crippen LogP contribution in [0.4, 0.5) is 8.78 Å². The highest BCUT2D eigenvalue weighted by Crippen LogP contribution is 2.70. The van der Waals surface area contributed by atoms with Gasteiger partial charge in [-0.2, -0.15) is 17.2 Å². The van der Waals surface area contributed by atoms with Crippen molar-refractivity contribution in [2.75, 3.05) is 0 Å². The van der Waals surface area contributed by atoms with E-state index < -0.39 is 37.3 Å². The Kier molecular flexibility index (Phi) is 6.57. The molecule has 2 saturated carbocycles. The van der Waals surface area contributed by atoms with E-state index in [0.29, 0.717) is 21.1 Å². The summed E-state index contributed by atoms with van der Waals surface area (Å²) in [6, 6.07) is 25.1. The van der Waals surface area contributed by atoms with E-state index in [1.165, 1.54) is 0 Å². The van der Waals surface area contributed by atoms with Gasteiger partial charge in [-0.25, -0.2) is 8.42 Å². The van der Waals surface area contributed by atoms with Crippen LogP contribution in [0.3, 0.4) is 0 Å². The number of alkyl halides is 2. The van der Waals surface area contributed by atoms with Crippen LogP contribution in [0, 0.1) is 5.92 Å². The van der Waals surface area contributed by atoms with Crippen LogP contribution in [0.25, 0.3) is 0 Å². The van der Waals surface area contributed by atoms with Gasteiger partial charge in [-0.15, -0.1) is 0 Å². The Hall–Kier alpha value is -2.79. The van der Waals surface area contributed by atoms with Crippen molar-refractivity contribution in [2.24, 2.45) is 5.92 Å². The van der Waals surface area contributed by atoms with Crippen molar-refractivity contribution in [3.05, 3.63) is 91.0 Å². The van der Waals surface area contributed by atoms with E-state index in [0.717, 1.165) is 12.8 Å². The third-order valence-electron chi connectivity index (χ3n) is 7.72. The molecule has 4 aliphatic rings. The monoisotopic (exact) mass is 574 g/mol. The molecule has 10 heteroatoms. The number of ether oxygens (including phenoxy) is 2. The maximum atomic E-state index is 15.8. The largest absolute Gasteiger partial charge is 0.466 e.